The smallest absolute Gasteiger partial charge is 0.343 e. The average molecular weight is 1130 g/mol. The Morgan fingerprint density at radius 3 is 2.33 bits per heavy atom. The largest absolute Gasteiger partial charge is 0.458 e. The molecule has 3 aliphatic heterocycles. The Balaban J connectivity index is 0.779. The van der Waals surface area contributed by atoms with E-state index in [2.05, 4.69) is 31.9 Å². The number of cyclic esters (lactones) is 1. The highest BCUT2D eigenvalue weighted by Crippen LogP contribution is 2.46. The summed E-state index contributed by atoms with van der Waals surface area (Å²) < 4.78 is 27.9. The Bertz CT molecular complexity index is 3270. The Labute approximate surface area is 473 Å². The molecule has 2 aromatic heterocycles. The van der Waals surface area contributed by atoms with Gasteiger partial charge in [-0.25, -0.2) is 14.2 Å². The molecule has 4 aromatic rings. The first kappa shape index (κ1) is 60.2. The van der Waals surface area contributed by atoms with E-state index < -0.39 is 84.4 Å². The normalized spacial score (nSPS) is 18.6. The number of esters is 1. The van der Waals surface area contributed by atoms with Gasteiger partial charge in [-0.2, -0.15) is 0 Å². The molecule has 0 saturated carbocycles. The number of carbonyl (C=O) groups excluding carboxylic acids is 9. The molecule has 22 nitrogen and oxygen atoms in total. The van der Waals surface area contributed by atoms with Crippen LogP contribution in [-0.4, -0.2) is 118 Å². The molecule has 1 saturated heterocycles. The molecule has 4 aliphatic rings. The van der Waals surface area contributed by atoms with Gasteiger partial charge in [-0.1, -0.05) is 70.9 Å². The van der Waals surface area contributed by atoms with Gasteiger partial charge in [-0.3, -0.25) is 48.1 Å². The molecule has 2 aromatic carbocycles. The summed E-state index contributed by atoms with van der Waals surface area (Å²) in [4.78, 5) is 136. The molecule has 23 heteroatoms. The van der Waals surface area contributed by atoms with Crippen molar-refractivity contribution in [3.8, 4) is 11.4 Å². The zero-order valence-electron chi connectivity index (χ0n) is 47.1. The van der Waals surface area contributed by atoms with Crippen LogP contribution in [0.25, 0.3) is 22.3 Å². The number of nitrogens with zero attached hydrogens (tertiary/aromatic N) is 3. The minimum atomic E-state index is -2.05. The monoisotopic (exact) mass is 1130 g/mol. The Kier molecular flexibility index (Phi) is 18.7. The Morgan fingerprint density at radius 1 is 0.890 bits per heavy atom. The zero-order valence-corrected chi connectivity index (χ0v) is 47.1. The minimum Gasteiger partial charge on any atom is -0.458 e. The predicted octanol–water partition coefficient (Wildman–Crippen LogP) is 2.95. The average Bonchev–Trinajstić information content (AvgIpc) is 3.27. The van der Waals surface area contributed by atoms with Crippen LogP contribution >= 0.6 is 0 Å². The van der Waals surface area contributed by atoms with Crippen molar-refractivity contribution in [2.45, 2.75) is 149 Å². The number of benzene rings is 2. The molecule has 7 N–H and O–H groups in total. The number of amides is 8. The molecular weight excluding hydrogens is 1060 g/mol. The number of aromatic nitrogens is 2. The zero-order chi connectivity index (χ0) is 59.2. The van der Waals surface area contributed by atoms with Gasteiger partial charge < -0.3 is 51.0 Å². The maximum atomic E-state index is 15.4. The molecule has 1 aliphatic carbocycles. The first-order chi connectivity index (χ1) is 39.0. The molecule has 0 radical (unpaired) electrons. The highest BCUT2D eigenvalue weighted by molar-refractivity contribution is 6.04. The van der Waals surface area contributed by atoms with Crippen LogP contribution in [0.2, 0.25) is 0 Å². The highest BCUT2D eigenvalue weighted by Gasteiger charge is 2.47. The molecule has 8 rings (SSSR count). The molecule has 8 amide bonds. The lowest BCUT2D eigenvalue weighted by atomic mass is 9.76. The van der Waals surface area contributed by atoms with Crippen LogP contribution in [0.1, 0.15) is 137 Å². The van der Waals surface area contributed by atoms with E-state index in [0.29, 0.717) is 83.2 Å². The number of pyridine rings is 2. The molecule has 0 bridgehead atoms. The lowest BCUT2D eigenvalue weighted by Gasteiger charge is -2.31. The van der Waals surface area contributed by atoms with Gasteiger partial charge in [-0.05, 0) is 79.7 Å². The maximum absolute atomic E-state index is 15.4. The third-order valence-electron chi connectivity index (χ3n) is 16.5. The molecule has 1 unspecified atom stereocenters. The summed E-state index contributed by atoms with van der Waals surface area (Å²) >= 11 is 0. The van der Waals surface area contributed by atoms with Crippen molar-refractivity contribution in [3.05, 3.63) is 97.6 Å². The fraction of sp³-hybridized carbons (Fsp3) is 0.508. The van der Waals surface area contributed by atoms with Crippen LogP contribution < -0.4 is 37.5 Å². The lowest BCUT2D eigenvalue weighted by Crippen LogP contribution is -2.52. The quantitative estimate of drug-likeness (QED) is 0.0191. The number of likely N-dealkylation sites (tertiary alicyclic amines) is 1. The van der Waals surface area contributed by atoms with Gasteiger partial charge in [0.1, 0.15) is 25.2 Å². The van der Waals surface area contributed by atoms with Crippen LogP contribution in [0.3, 0.4) is 0 Å². The second-order valence-corrected chi connectivity index (χ2v) is 22.3. The van der Waals surface area contributed by atoms with Gasteiger partial charge >= 0.3 is 5.97 Å². The summed E-state index contributed by atoms with van der Waals surface area (Å²) in [6, 6.07) is 9.99. The minimum absolute atomic E-state index is 0.0426. The second-order valence-electron chi connectivity index (χ2n) is 22.3. The third-order valence-corrected chi connectivity index (χ3v) is 16.5. The molecule has 1 fully saturated rings. The summed E-state index contributed by atoms with van der Waals surface area (Å²) in [7, 11) is 0. The van der Waals surface area contributed by atoms with E-state index in [9.17, 15) is 53.1 Å². The molecule has 0 spiro atoms. The standard InChI is InChI=1S/C59H72FN9O13/c1-7-58(5,6)39-24-50(75)68(56(39)78)20-14-10-13-17-45(70)61-26-47(72)62-28-49(74)66-43(22-34-15-11-9-12-16-34)54(76)63-27-48(73)64-31-82-32(3)21-46(71)65-41-19-18-35-33(4)40(60)25-42-51(35)52(41)36-29-69-44(53(36)67-42)23-38-37(55(69)77)30-81-57(79)59(38,80)8-2/h9,11-12,15-16,23,25,32,39,41,43,80H,7-8,10,13-14,17-22,24,26-31H2,1-6H3,(H,61,70)(H,62,72)(H,63,76)(H,64,73)(H,65,71)(H,66,74)/t32-,39?,41-,43-,59-/m0/s1. The Morgan fingerprint density at radius 2 is 1.60 bits per heavy atom. The summed E-state index contributed by atoms with van der Waals surface area (Å²) in [5.74, 6) is -5.41. The SMILES string of the molecule is CCC(C)(C)C1CC(=O)N(CCCCCC(=O)NCC(=O)NCC(=O)N[C@@H](Cc2ccccc2)C(=O)NCC(=O)NCO[C@@H](C)CC(=O)N[C@H]2CCc3c(C)c(F)cc4nc5c(c2c34)Cn2c-5cc3c(c2=O)COC(=O)[C@]3(O)CC)C1=O. The highest BCUT2D eigenvalue weighted by atomic mass is 19.1. The number of unbranched alkanes of at least 4 members (excludes halogenated alkanes) is 2. The number of hydrogen-bond acceptors (Lipinski definition) is 14. The van der Waals surface area contributed by atoms with Crippen molar-refractivity contribution in [1.82, 2.24) is 46.4 Å². The molecule has 5 heterocycles. The number of imide groups is 1. The number of hydrogen-bond donors (Lipinski definition) is 7. The first-order valence-corrected chi connectivity index (χ1v) is 28.0. The van der Waals surface area contributed by atoms with Gasteiger partial charge in [0.15, 0.2) is 5.60 Å². The fourth-order valence-corrected chi connectivity index (χ4v) is 11.2. The lowest BCUT2D eigenvalue weighted by molar-refractivity contribution is -0.172. The number of fused-ring (bicyclic) bond motifs is 5. The molecule has 438 valence electrons. The van der Waals surface area contributed by atoms with E-state index in [-0.39, 0.29) is 98.1 Å². The number of nitrogens with one attached hydrogen (secondary N) is 6. The number of aryl methyl sites for hydroxylation is 1. The number of ether oxygens (including phenoxy) is 2. The van der Waals surface area contributed by atoms with Gasteiger partial charge in [0.25, 0.3) is 5.56 Å². The van der Waals surface area contributed by atoms with Crippen molar-refractivity contribution in [3.63, 3.8) is 0 Å². The van der Waals surface area contributed by atoms with Crippen molar-refractivity contribution in [1.29, 1.82) is 0 Å². The van der Waals surface area contributed by atoms with E-state index in [0.717, 1.165) is 12.0 Å². The summed E-state index contributed by atoms with van der Waals surface area (Å²) in [6.45, 7) is 9.24. The van der Waals surface area contributed by atoms with E-state index >= 15 is 4.39 Å². The van der Waals surface area contributed by atoms with Crippen LogP contribution in [0, 0.1) is 24.1 Å². The van der Waals surface area contributed by atoms with Crippen molar-refractivity contribution >= 4 is 64.1 Å². The topological polar surface area (TPSA) is 303 Å². The number of rotatable bonds is 25. The van der Waals surface area contributed by atoms with Crippen LogP contribution in [0.4, 0.5) is 4.39 Å². The van der Waals surface area contributed by atoms with Gasteiger partial charge in [0, 0.05) is 48.4 Å². The summed E-state index contributed by atoms with van der Waals surface area (Å²) in [6.07, 6.45) is 2.71. The second kappa shape index (κ2) is 25.5. The Hall–Kier alpha value is -7.92. The predicted molar refractivity (Wildman–Crippen MR) is 295 cm³/mol. The first-order valence-electron chi connectivity index (χ1n) is 28.0. The van der Waals surface area contributed by atoms with E-state index in [1.165, 1.54) is 15.5 Å². The van der Waals surface area contributed by atoms with Crippen LogP contribution in [0.5, 0.6) is 0 Å². The maximum Gasteiger partial charge on any atom is 0.343 e. The van der Waals surface area contributed by atoms with Crippen LogP contribution in [-0.2, 0) is 84.2 Å². The van der Waals surface area contributed by atoms with Crippen molar-refractivity contribution in [2.24, 2.45) is 11.3 Å². The number of halogens is 1. The van der Waals surface area contributed by atoms with Crippen LogP contribution in [0.15, 0.2) is 47.3 Å². The summed E-state index contributed by atoms with van der Waals surface area (Å²) in [5.41, 5.74) is 1.80. The fourth-order valence-electron chi connectivity index (χ4n) is 11.2. The molecule has 5 atom stereocenters. The van der Waals surface area contributed by atoms with Crippen molar-refractivity contribution in [2.75, 3.05) is 32.9 Å². The number of carbonyl (C=O) groups is 9. The van der Waals surface area contributed by atoms with E-state index in [1.54, 1.807) is 57.2 Å². The van der Waals surface area contributed by atoms with Gasteiger partial charge in [0.2, 0.25) is 47.3 Å². The third kappa shape index (κ3) is 13.0. The van der Waals surface area contributed by atoms with E-state index in [4.69, 9.17) is 14.5 Å². The van der Waals surface area contributed by atoms with E-state index in [1.807, 2.05) is 20.8 Å². The molecular formula is C59H72FN9O13. The van der Waals surface area contributed by atoms with Crippen molar-refractivity contribution < 1.29 is 62.1 Å². The summed E-state index contributed by atoms with van der Waals surface area (Å²) in [5, 5.41) is 27.8. The molecule has 82 heavy (non-hydrogen) atoms. The van der Waals surface area contributed by atoms with Gasteiger partial charge in [-0.15, -0.1) is 0 Å². The number of aliphatic hydroxyl groups is 1. The van der Waals surface area contributed by atoms with Gasteiger partial charge in [0.05, 0.1) is 73.1 Å².